The van der Waals surface area contributed by atoms with Crippen molar-refractivity contribution in [1.29, 1.82) is 0 Å². The predicted octanol–water partition coefficient (Wildman–Crippen LogP) is 8.12. The second kappa shape index (κ2) is 10.4. The van der Waals surface area contributed by atoms with Crippen LogP contribution in [-0.4, -0.2) is 16.0 Å². The van der Waals surface area contributed by atoms with Crippen LogP contribution < -0.4 is 4.74 Å². The van der Waals surface area contributed by atoms with Crippen LogP contribution >= 0.6 is 58.2 Å². The van der Waals surface area contributed by atoms with Crippen LogP contribution in [0.15, 0.2) is 65.6 Å². The van der Waals surface area contributed by atoms with E-state index in [-0.39, 0.29) is 11.4 Å². The number of rotatable bonds is 6. The summed E-state index contributed by atoms with van der Waals surface area (Å²) < 4.78 is 5.78. The number of halogens is 4. The topological polar surface area (TPSA) is 46.6 Å². The van der Waals surface area contributed by atoms with Crippen LogP contribution in [0, 0.1) is 0 Å². The highest BCUT2D eigenvalue weighted by Crippen LogP contribution is 2.36. The molecule has 0 radical (unpaired) electrons. The van der Waals surface area contributed by atoms with Gasteiger partial charge in [-0.3, -0.25) is 14.5 Å². The van der Waals surface area contributed by atoms with Gasteiger partial charge >= 0.3 is 0 Å². The Morgan fingerprint density at radius 3 is 2.24 bits per heavy atom. The summed E-state index contributed by atoms with van der Waals surface area (Å²) in [7, 11) is 0. The molecule has 1 saturated heterocycles. The van der Waals surface area contributed by atoms with Crippen LogP contribution in [0.1, 0.15) is 16.7 Å². The van der Waals surface area contributed by atoms with E-state index in [1.54, 1.807) is 54.6 Å². The second-order valence-electron chi connectivity index (χ2n) is 7.07. The molecule has 0 N–H and O–H groups in total. The minimum Gasteiger partial charge on any atom is -0.487 e. The first kappa shape index (κ1) is 24.0. The summed E-state index contributed by atoms with van der Waals surface area (Å²) in [5.74, 6) is 0.0883. The van der Waals surface area contributed by atoms with Gasteiger partial charge in [0, 0.05) is 20.6 Å². The van der Waals surface area contributed by atoms with Gasteiger partial charge in [0.05, 0.1) is 16.5 Å². The van der Waals surface area contributed by atoms with Gasteiger partial charge in [-0.1, -0.05) is 70.7 Å². The minimum atomic E-state index is -0.417. The lowest BCUT2D eigenvalue weighted by Crippen LogP contribution is -2.27. The summed E-state index contributed by atoms with van der Waals surface area (Å²) in [6.07, 6.45) is 1.62. The number of thioether (sulfide) groups is 1. The Hall–Kier alpha value is -2.15. The highest BCUT2D eigenvalue weighted by Gasteiger charge is 2.35. The van der Waals surface area contributed by atoms with Gasteiger partial charge in [0.1, 0.15) is 12.4 Å². The standard InChI is InChI=1S/C24H15Cl4NO3S/c25-16-7-4-14(5-8-16)13-32-21-9-6-15(10-20(21)28)11-22-23(30)29(24(31)33-22)12-17-18(26)2-1-3-19(17)27/h1-11H,12-13H2/b22-11-. The van der Waals surface area contributed by atoms with E-state index in [0.717, 1.165) is 22.2 Å². The molecule has 168 valence electrons. The van der Waals surface area contributed by atoms with Crippen molar-refractivity contribution in [2.45, 2.75) is 13.2 Å². The van der Waals surface area contributed by atoms with Gasteiger partial charge in [-0.05, 0) is 65.4 Å². The number of carbonyl (C=O) groups is 2. The molecule has 0 bridgehead atoms. The van der Waals surface area contributed by atoms with E-state index in [1.807, 2.05) is 12.1 Å². The number of imide groups is 1. The van der Waals surface area contributed by atoms with E-state index in [0.29, 0.717) is 43.6 Å². The van der Waals surface area contributed by atoms with Crippen LogP contribution in [0.25, 0.3) is 6.08 Å². The maximum atomic E-state index is 12.8. The number of ether oxygens (including phenoxy) is 1. The third-order valence-electron chi connectivity index (χ3n) is 4.81. The highest BCUT2D eigenvalue weighted by atomic mass is 35.5. The molecular weight excluding hydrogens is 524 g/mol. The Kier molecular flexibility index (Phi) is 7.57. The molecule has 0 aromatic heterocycles. The number of carbonyl (C=O) groups excluding carboxylic acids is 2. The third-order valence-corrected chi connectivity index (χ3v) is 6.98. The molecule has 1 aliphatic heterocycles. The lowest BCUT2D eigenvalue weighted by Gasteiger charge is -2.14. The third kappa shape index (κ3) is 5.68. The van der Waals surface area contributed by atoms with Crippen LogP contribution in [0.3, 0.4) is 0 Å². The Morgan fingerprint density at radius 2 is 1.58 bits per heavy atom. The van der Waals surface area contributed by atoms with Crippen molar-refractivity contribution in [2.24, 2.45) is 0 Å². The Bertz CT molecular complexity index is 1240. The molecule has 4 nitrogen and oxygen atoms in total. The van der Waals surface area contributed by atoms with E-state index in [1.165, 1.54) is 0 Å². The van der Waals surface area contributed by atoms with Crippen molar-refractivity contribution < 1.29 is 14.3 Å². The fourth-order valence-corrected chi connectivity index (χ4v) is 4.82. The maximum absolute atomic E-state index is 12.8. The molecule has 33 heavy (non-hydrogen) atoms. The maximum Gasteiger partial charge on any atom is 0.293 e. The van der Waals surface area contributed by atoms with Gasteiger partial charge in [0.2, 0.25) is 0 Å². The van der Waals surface area contributed by atoms with Crippen molar-refractivity contribution >= 4 is 75.4 Å². The summed E-state index contributed by atoms with van der Waals surface area (Å²) in [4.78, 5) is 26.7. The predicted molar refractivity (Wildman–Crippen MR) is 135 cm³/mol. The van der Waals surface area contributed by atoms with Gasteiger partial charge in [-0.15, -0.1) is 0 Å². The first-order valence-corrected chi connectivity index (χ1v) is 12.0. The van der Waals surface area contributed by atoms with Gasteiger partial charge in [-0.2, -0.15) is 0 Å². The van der Waals surface area contributed by atoms with Crippen molar-refractivity contribution in [2.75, 3.05) is 0 Å². The molecule has 1 heterocycles. The molecule has 1 fully saturated rings. The zero-order valence-electron chi connectivity index (χ0n) is 16.9. The summed E-state index contributed by atoms with van der Waals surface area (Å²) in [6.45, 7) is 0.332. The zero-order chi connectivity index (χ0) is 23.5. The van der Waals surface area contributed by atoms with Crippen molar-refractivity contribution in [3.63, 3.8) is 0 Å². The second-order valence-corrected chi connectivity index (χ2v) is 9.72. The SMILES string of the molecule is O=C1S/C(=C\c2ccc(OCc3ccc(Cl)cc3)c(Cl)c2)C(=O)N1Cc1c(Cl)cccc1Cl. The molecule has 9 heteroatoms. The van der Waals surface area contributed by atoms with Crippen molar-refractivity contribution in [3.8, 4) is 5.75 Å². The molecular formula is C24H15Cl4NO3S. The molecule has 2 amide bonds. The molecule has 0 spiro atoms. The van der Waals surface area contributed by atoms with Gasteiger partial charge in [-0.25, -0.2) is 0 Å². The summed E-state index contributed by atoms with van der Waals surface area (Å²) in [5.41, 5.74) is 2.14. The van der Waals surface area contributed by atoms with Crippen LogP contribution in [0.4, 0.5) is 4.79 Å². The fraction of sp³-hybridized carbons (Fsp3) is 0.0833. The quantitative estimate of drug-likeness (QED) is 0.297. The Balaban J connectivity index is 1.47. The smallest absolute Gasteiger partial charge is 0.293 e. The number of nitrogens with zero attached hydrogens (tertiary/aromatic N) is 1. The molecule has 0 unspecified atom stereocenters. The first-order chi connectivity index (χ1) is 15.8. The molecule has 0 atom stereocenters. The first-order valence-electron chi connectivity index (χ1n) is 9.67. The average Bonchev–Trinajstić information content (AvgIpc) is 3.04. The van der Waals surface area contributed by atoms with E-state index in [9.17, 15) is 9.59 Å². The van der Waals surface area contributed by atoms with Crippen molar-refractivity contribution in [1.82, 2.24) is 4.90 Å². The van der Waals surface area contributed by atoms with Crippen LogP contribution in [-0.2, 0) is 17.9 Å². The molecule has 3 aromatic rings. The minimum absolute atomic E-state index is 0.00124. The summed E-state index contributed by atoms with van der Waals surface area (Å²) >= 11 is 25.5. The van der Waals surface area contributed by atoms with Gasteiger partial charge < -0.3 is 4.74 Å². The van der Waals surface area contributed by atoms with Gasteiger partial charge in [0.15, 0.2) is 0 Å². The fourth-order valence-electron chi connectivity index (χ4n) is 3.09. The Labute approximate surface area is 215 Å². The zero-order valence-corrected chi connectivity index (χ0v) is 20.7. The van der Waals surface area contributed by atoms with E-state index in [2.05, 4.69) is 0 Å². The molecule has 3 aromatic carbocycles. The number of hydrogen-bond donors (Lipinski definition) is 0. The van der Waals surface area contributed by atoms with Crippen LogP contribution in [0.5, 0.6) is 5.75 Å². The Morgan fingerprint density at radius 1 is 0.879 bits per heavy atom. The number of amides is 2. The van der Waals surface area contributed by atoms with E-state index in [4.69, 9.17) is 51.1 Å². The van der Waals surface area contributed by atoms with Crippen LogP contribution in [0.2, 0.25) is 20.1 Å². The summed E-state index contributed by atoms with van der Waals surface area (Å²) in [5, 5.41) is 1.44. The largest absolute Gasteiger partial charge is 0.487 e. The monoisotopic (exact) mass is 537 g/mol. The average molecular weight is 539 g/mol. The van der Waals surface area contributed by atoms with Gasteiger partial charge in [0.25, 0.3) is 11.1 Å². The van der Waals surface area contributed by atoms with Crippen molar-refractivity contribution in [3.05, 3.63) is 102 Å². The number of benzene rings is 3. The molecule has 4 rings (SSSR count). The highest BCUT2D eigenvalue weighted by molar-refractivity contribution is 8.18. The molecule has 0 saturated carbocycles. The normalized spacial score (nSPS) is 14.9. The lowest BCUT2D eigenvalue weighted by atomic mass is 10.2. The lowest BCUT2D eigenvalue weighted by molar-refractivity contribution is -0.123. The molecule has 0 aliphatic carbocycles. The number of hydrogen-bond acceptors (Lipinski definition) is 4. The molecule has 1 aliphatic rings. The van der Waals surface area contributed by atoms with E-state index < -0.39 is 11.1 Å². The summed E-state index contributed by atoms with van der Waals surface area (Å²) in [6, 6.07) is 17.5. The van der Waals surface area contributed by atoms with E-state index >= 15 is 0 Å².